The maximum Gasteiger partial charge on any atom is 0.320 e. The number of nitrogens with zero attached hydrogens (tertiary/aromatic N) is 2. The largest absolute Gasteiger partial charge is 0.328 e. The zero-order chi connectivity index (χ0) is 13.1. The normalized spacial score (nSPS) is 18.3. The molecule has 0 aliphatic carbocycles. The summed E-state index contributed by atoms with van der Waals surface area (Å²) >= 11 is 0. The number of hydrogen-bond acceptors (Lipinski definition) is 2. The highest BCUT2D eigenvalue weighted by Gasteiger charge is 2.32. The third-order valence-electron chi connectivity index (χ3n) is 3.83. The topological polar surface area (TPSA) is 49.6 Å². The summed E-state index contributed by atoms with van der Waals surface area (Å²) in [7, 11) is 0. The molecule has 0 aromatic carbocycles. The minimum atomic E-state index is -0.255. The Morgan fingerprint density at radius 1 is 1.41 bits per heavy atom. The number of urea groups is 1. The summed E-state index contributed by atoms with van der Waals surface area (Å²) in [6.07, 6.45) is 2.23. The van der Waals surface area contributed by atoms with Gasteiger partial charge in [-0.1, -0.05) is 6.92 Å². The molecule has 0 bridgehead atoms. The highest BCUT2D eigenvalue weighted by molar-refractivity contribution is 5.75. The predicted molar refractivity (Wildman–Crippen MR) is 70.9 cm³/mol. The minimum Gasteiger partial charge on any atom is -0.328 e. The lowest BCUT2D eigenvalue weighted by Gasteiger charge is -2.42. The Morgan fingerprint density at radius 2 is 1.94 bits per heavy atom. The molecule has 1 heterocycles. The van der Waals surface area contributed by atoms with E-state index in [0.29, 0.717) is 6.54 Å². The Morgan fingerprint density at radius 3 is 2.35 bits per heavy atom. The molecule has 0 atom stereocenters. The number of carbonyl (C=O) groups excluding carboxylic acids is 1. The summed E-state index contributed by atoms with van der Waals surface area (Å²) in [5.74, 6) is 0.747. The van der Waals surface area contributed by atoms with Crippen LogP contribution >= 0.6 is 0 Å². The van der Waals surface area contributed by atoms with Gasteiger partial charge in [-0.05, 0) is 39.5 Å². The molecule has 2 N–H and O–H groups in total. The van der Waals surface area contributed by atoms with Crippen LogP contribution in [0.4, 0.5) is 4.79 Å². The molecule has 4 nitrogen and oxygen atoms in total. The first-order valence-corrected chi connectivity index (χ1v) is 6.69. The number of nitrogens with two attached hydrogens (primary N) is 1. The molecule has 2 amide bonds. The van der Waals surface area contributed by atoms with Crippen molar-refractivity contribution >= 4 is 6.03 Å². The molecule has 1 aliphatic heterocycles. The van der Waals surface area contributed by atoms with E-state index in [-0.39, 0.29) is 11.6 Å². The van der Waals surface area contributed by atoms with Gasteiger partial charge in [0.1, 0.15) is 0 Å². The van der Waals surface area contributed by atoms with Crippen molar-refractivity contribution in [3.05, 3.63) is 0 Å². The molecule has 0 aromatic heterocycles. The van der Waals surface area contributed by atoms with Crippen molar-refractivity contribution < 1.29 is 4.79 Å². The van der Waals surface area contributed by atoms with E-state index in [0.717, 1.165) is 38.4 Å². The van der Waals surface area contributed by atoms with Crippen LogP contribution in [0.25, 0.3) is 0 Å². The average molecular weight is 241 g/mol. The first kappa shape index (κ1) is 14.3. The van der Waals surface area contributed by atoms with Crippen molar-refractivity contribution in [2.75, 3.05) is 26.2 Å². The molecule has 4 heteroatoms. The summed E-state index contributed by atoms with van der Waals surface area (Å²) in [5.41, 5.74) is 5.50. The van der Waals surface area contributed by atoms with Crippen molar-refractivity contribution in [2.45, 2.75) is 46.1 Å². The molecule has 1 rings (SSSR count). The van der Waals surface area contributed by atoms with E-state index in [1.807, 2.05) is 30.6 Å². The van der Waals surface area contributed by atoms with Gasteiger partial charge in [-0.25, -0.2) is 4.79 Å². The summed E-state index contributed by atoms with van der Waals surface area (Å²) in [5, 5.41) is 0. The monoisotopic (exact) mass is 241 g/mol. The van der Waals surface area contributed by atoms with E-state index in [9.17, 15) is 4.79 Å². The van der Waals surface area contributed by atoms with Crippen molar-refractivity contribution in [2.24, 2.45) is 11.7 Å². The van der Waals surface area contributed by atoms with Gasteiger partial charge in [-0.15, -0.1) is 0 Å². The standard InChI is InChI=1S/C13H27N3O/c1-5-16(13(3,4)10-14)12(17)15-8-6-11(2)7-9-15/h11H,5-10,14H2,1-4H3. The quantitative estimate of drug-likeness (QED) is 0.820. The second-order valence-corrected chi connectivity index (χ2v) is 5.71. The number of rotatable bonds is 3. The highest BCUT2D eigenvalue weighted by atomic mass is 16.2. The van der Waals surface area contributed by atoms with Gasteiger partial charge in [-0.3, -0.25) is 0 Å². The lowest BCUT2D eigenvalue weighted by atomic mass is 9.99. The molecule has 1 fully saturated rings. The van der Waals surface area contributed by atoms with Crippen LogP contribution in [0, 0.1) is 5.92 Å². The molecule has 0 saturated carbocycles. The Bertz CT molecular complexity index is 257. The van der Waals surface area contributed by atoms with Crippen LogP contribution < -0.4 is 5.73 Å². The van der Waals surface area contributed by atoms with Gasteiger partial charge in [0.25, 0.3) is 0 Å². The zero-order valence-corrected chi connectivity index (χ0v) is 11.7. The van der Waals surface area contributed by atoms with Crippen LogP contribution in [0.2, 0.25) is 0 Å². The van der Waals surface area contributed by atoms with Gasteiger partial charge in [-0.2, -0.15) is 0 Å². The van der Waals surface area contributed by atoms with Gasteiger partial charge < -0.3 is 15.5 Å². The number of hydrogen-bond donors (Lipinski definition) is 1. The molecule has 1 aliphatic rings. The van der Waals surface area contributed by atoms with Crippen LogP contribution in [0.3, 0.4) is 0 Å². The third kappa shape index (κ3) is 3.35. The minimum absolute atomic E-state index is 0.148. The lowest BCUT2D eigenvalue weighted by Crippen LogP contribution is -2.57. The summed E-state index contributed by atoms with van der Waals surface area (Å²) in [6.45, 7) is 11.3. The van der Waals surface area contributed by atoms with Gasteiger partial charge in [0.2, 0.25) is 0 Å². The number of carbonyl (C=O) groups is 1. The highest BCUT2D eigenvalue weighted by Crippen LogP contribution is 2.20. The smallest absolute Gasteiger partial charge is 0.320 e. The fourth-order valence-electron chi connectivity index (χ4n) is 2.30. The Kier molecular flexibility index (Phi) is 4.80. The maximum absolute atomic E-state index is 12.4. The number of likely N-dealkylation sites (tertiary alicyclic amines) is 1. The van der Waals surface area contributed by atoms with Crippen molar-refractivity contribution in [1.82, 2.24) is 9.80 Å². The Balaban J connectivity index is 2.67. The van der Waals surface area contributed by atoms with Crippen LogP contribution in [-0.2, 0) is 0 Å². The molecule has 100 valence electrons. The van der Waals surface area contributed by atoms with Crippen LogP contribution in [0.5, 0.6) is 0 Å². The molecular weight excluding hydrogens is 214 g/mol. The van der Waals surface area contributed by atoms with E-state index in [1.54, 1.807) is 0 Å². The first-order valence-electron chi connectivity index (χ1n) is 6.69. The fraction of sp³-hybridized carbons (Fsp3) is 0.923. The molecule has 0 unspecified atom stereocenters. The van der Waals surface area contributed by atoms with E-state index in [2.05, 4.69) is 6.92 Å². The third-order valence-corrected chi connectivity index (χ3v) is 3.83. The second kappa shape index (κ2) is 5.71. The van der Waals surface area contributed by atoms with Gasteiger partial charge >= 0.3 is 6.03 Å². The SMILES string of the molecule is CCN(C(=O)N1CCC(C)CC1)C(C)(C)CN. The first-order chi connectivity index (χ1) is 7.92. The van der Waals surface area contributed by atoms with E-state index in [4.69, 9.17) is 5.73 Å². The Hall–Kier alpha value is -0.770. The fourth-order valence-corrected chi connectivity index (χ4v) is 2.30. The lowest BCUT2D eigenvalue weighted by molar-refractivity contribution is 0.0966. The zero-order valence-electron chi connectivity index (χ0n) is 11.7. The van der Waals surface area contributed by atoms with Gasteiger partial charge in [0.05, 0.1) is 5.54 Å². The summed E-state index contributed by atoms with van der Waals surface area (Å²) in [6, 6.07) is 0.148. The van der Waals surface area contributed by atoms with E-state index in [1.165, 1.54) is 0 Å². The number of amides is 2. The van der Waals surface area contributed by atoms with Crippen molar-refractivity contribution in [1.29, 1.82) is 0 Å². The summed E-state index contributed by atoms with van der Waals surface area (Å²) < 4.78 is 0. The van der Waals surface area contributed by atoms with Crippen LogP contribution in [0.1, 0.15) is 40.5 Å². The predicted octanol–water partition coefficient (Wildman–Crippen LogP) is 1.90. The molecule has 1 saturated heterocycles. The van der Waals surface area contributed by atoms with Crippen molar-refractivity contribution in [3.63, 3.8) is 0 Å². The maximum atomic E-state index is 12.4. The van der Waals surface area contributed by atoms with E-state index >= 15 is 0 Å². The van der Waals surface area contributed by atoms with Gasteiger partial charge in [0.15, 0.2) is 0 Å². The summed E-state index contributed by atoms with van der Waals surface area (Å²) in [4.78, 5) is 16.3. The van der Waals surface area contributed by atoms with E-state index < -0.39 is 0 Å². The molecule has 0 spiro atoms. The van der Waals surface area contributed by atoms with Crippen molar-refractivity contribution in [3.8, 4) is 0 Å². The Labute approximate surface area is 105 Å². The number of likely N-dealkylation sites (N-methyl/N-ethyl adjacent to an activating group) is 1. The van der Waals surface area contributed by atoms with Crippen LogP contribution in [0.15, 0.2) is 0 Å². The number of piperidine rings is 1. The molecular formula is C13H27N3O. The molecule has 0 aromatic rings. The average Bonchev–Trinajstić information content (AvgIpc) is 2.30. The van der Waals surface area contributed by atoms with Crippen LogP contribution in [-0.4, -0.2) is 47.5 Å². The molecule has 0 radical (unpaired) electrons. The van der Waals surface area contributed by atoms with Gasteiger partial charge in [0, 0.05) is 26.2 Å². The molecule has 17 heavy (non-hydrogen) atoms. The second-order valence-electron chi connectivity index (χ2n) is 5.71.